The van der Waals surface area contributed by atoms with E-state index in [1.807, 2.05) is 44.2 Å². The number of amides is 1. The van der Waals surface area contributed by atoms with Gasteiger partial charge in [0.1, 0.15) is 5.82 Å². The van der Waals surface area contributed by atoms with E-state index < -0.39 is 5.92 Å². The lowest BCUT2D eigenvalue weighted by Crippen LogP contribution is -2.39. The maximum atomic E-state index is 13.6. The Balaban J connectivity index is 1.61. The molecule has 1 aromatic carbocycles. The fourth-order valence-corrected chi connectivity index (χ4v) is 4.95. The van der Waals surface area contributed by atoms with Crippen molar-refractivity contribution in [3.8, 4) is 11.5 Å². The number of hydrogen-bond acceptors (Lipinski definition) is 6. The summed E-state index contributed by atoms with van der Waals surface area (Å²) in [5.41, 5.74) is 4.45. The molecule has 1 aromatic heterocycles. The third kappa shape index (κ3) is 3.88. The summed E-state index contributed by atoms with van der Waals surface area (Å²) in [7, 11) is 0. The van der Waals surface area contributed by atoms with Gasteiger partial charge in [-0.05, 0) is 61.1 Å². The van der Waals surface area contributed by atoms with Gasteiger partial charge >= 0.3 is 0 Å². The molecule has 2 aromatic rings. The maximum Gasteiger partial charge on any atom is 0.255 e. The molecule has 2 N–H and O–H groups in total. The van der Waals surface area contributed by atoms with Crippen LogP contribution < -0.4 is 20.1 Å². The number of hydrogen-bond donors (Lipinski definition) is 2. The monoisotopic (exact) mass is 445 g/mol. The number of carbonyl (C=O) groups excluding carboxylic acids is 2. The zero-order valence-electron chi connectivity index (χ0n) is 19.2. The third-order valence-electron chi connectivity index (χ3n) is 6.37. The summed E-state index contributed by atoms with van der Waals surface area (Å²) in [5.74, 6) is 1.01. The van der Waals surface area contributed by atoms with Crippen LogP contribution >= 0.6 is 0 Å². The average molecular weight is 446 g/mol. The molecule has 7 nitrogen and oxygen atoms in total. The van der Waals surface area contributed by atoms with Crippen LogP contribution in [0.4, 0.5) is 5.82 Å². The number of rotatable bonds is 3. The van der Waals surface area contributed by atoms with E-state index >= 15 is 0 Å². The van der Waals surface area contributed by atoms with Gasteiger partial charge in [0, 0.05) is 41.1 Å². The summed E-state index contributed by atoms with van der Waals surface area (Å²) in [6, 6.07) is 9.31. The number of benzene rings is 1. The Labute approximate surface area is 192 Å². The fourth-order valence-electron chi connectivity index (χ4n) is 4.95. The molecule has 0 saturated carbocycles. The van der Waals surface area contributed by atoms with Gasteiger partial charge in [0.25, 0.3) is 5.91 Å². The summed E-state index contributed by atoms with van der Waals surface area (Å²) < 4.78 is 11.1. The molecule has 2 aliphatic heterocycles. The van der Waals surface area contributed by atoms with Crippen molar-refractivity contribution in [1.82, 2.24) is 10.3 Å². The smallest absolute Gasteiger partial charge is 0.255 e. The quantitative estimate of drug-likeness (QED) is 0.730. The van der Waals surface area contributed by atoms with Gasteiger partial charge in [-0.2, -0.15) is 0 Å². The van der Waals surface area contributed by atoms with Crippen molar-refractivity contribution < 1.29 is 19.1 Å². The standard InChI is InChI=1S/C26H27N3O4/c1-14-7-8-27-21(9-14)29-25(31)22-15(2)28-17-11-26(3,4)12-18(30)24(17)23(22)16-5-6-19-20(10-16)33-13-32-19/h5-10,23,28H,11-13H2,1-4H3,(H,27,29,31)/t23-/m0/s1. The van der Waals surface area contributed by atoms with Gasteiger partial charge in [-0.3, -0.25) is 9.59 Å². The number of nitrogens with zero attached hydrogens (tertiary/aromatic N) is 1. The molecular formula is C26H27N3O4. The zero-order chi connectivity index (χ0) is 23.3. The van der Waals surface area contributed by atoms with Crippen LogP contribution in [0.1, 0.15) is 50.7 Å². The number of aryl methyl sites for hydroxylation is 1. The van der Waals surface area contributed by atoms with Crippen molar-refractivity contribution >= 4 is 17.5 Å². The first kappa shape index (κ1) is 21.2. The van der Waals surface area contributed by atoms with Crippen molar-refractivity contribution in [2.75, 3.05) is 12.1 Å². The molecule has 1 atom stereocenters. The summed E-state index contributed by atoms with van der Waals surface area (Å²) in [6.45, 7) is 8.17. The van der Waals surface area contributed by atoms with E-state index in [9.17, 15) is 9.59 Å². The number of carbonyl (C=O) groups is 2. The van der Waals surface area contributed by atoms with Crippen LogP contribution in [0.15, 0.2) is 59.1 Å². The highest BCUT2D eigenvalue weighted by Gasteiger charge is 2.43. The number of anilines is 1. The molecule has 7 heteroatoms. The van der Waals surface area contributed by atoms with E-state index in [1.54, 1.807) is 6.20 Å². The average Bonchev–Trinajstić information content (AvgIpc) is 3.19. The van der Waals surface area contributed by atoms with E-state index in [0.29, 0.717) is 34.9 Å². The van der Waals surface area contributed by atoms with Gasteiger partial charge in [0.2, 0.25) is 6.79 Å². The van der Waals surface area contributed by atoms with Gasteiger partial charge in [-0.15, -0.1) is 0 Å². The second-order valence-corrected chi connectivity index (χ2v) is 9.72. The highest BCUT2D eigenvalue weighted by atomic mass is 16.7. The lowest BCUT2D eigenvalue weighted by Gasteiger charge is -2.39. The number of ketones is 1. The molecule has 0 saturated heterocycles. The number of nitrogens with one attached hydrogen (secondary N) is 2. The second kappa shape index (κ2) is 7.76. The van der Waals surface area contributed by atoms with Gasteiger partial charge in [0.05, 0.1) is 0 Å². The van der Waals surface area contributed by atoms with Crippen molar-refractivity contribution in [3.05, 3.63) is 70.2 Å². The Bertz CT molecular complexity index is 1240. The van der Waals surface area contributed by atoms with Crippen LogP contribution in [-0.2, 0) is 9.59 Å². The molecule has 3 heterocycles. The van der Waals surface area contributed by atoms with Crippen LogP contribution in [0, 0.1) is 12.3 Å². The van der Waals surface area contributed by atoms with Crippen LogP contribution in [0.25, 0.3) is 0 Å². The van der Waals surface area contributed by atoms with Gasteiger partial charge < -0.3 is 20.1 Å². The number of dihydropyridines is 1. The van der Waals surface area contributed by atoms with E-state index in [0.717, 1.165) is 28.9 Å². The molecule has 170 valence electrons. The van der Waals surface area contributed by atoms with Crippen LogP contribution in [0.2, 0.25) is 0 Å². The minimum absolute atomic E-state index is 0.0582. The molecule has 5 rings (SSSR count). The van der Waals surface area contributed by atoms with E-state index in [4.69, 9.17) is 9.47 Å². The molecule has 1 amide bonds. The van der Waals surface area contributed by atoms with Gasteiger partial charge in [-0.1, -0.05) is 19.9 Å². The Morgan fingerprint density at radius 3 is 2.70 bits per heavy atom. The largest absolute Gasteiger partial charge is 0.454 e. The summed E-state index contributed by atoms with van der Waals surface area (Å²) >= 11 is 0. The van der Waals surface area contributed by atoms with E-state index in [1.165, 1.54) is 0 Å². The summed E-state index contributed by atoms with van der Waals surface area (Å²) in [5, 5.41) is 6.31. The number of Topliss-reactive ketones (excluding diaryl/α,β-unsaturated/α-hetero) is 1. The molecule has 0 spiro atoms. The summed E-state index contributed by atoms with van der Waals surface area (Å²) in [4.78, 5) is 31.3. The van der Waals surface area contributed by atoms with Crippen molar-refractivity contribution in [2.45, 2.75) is 46.5 Å². The fraction of sp³-hybridized carbons (Fsp3) is 0.346. The van der Waals surface area contributed by atoms with Gasteiger partial charge in [-0.25, -0.2) is 4.98 Å². The zero-order valence-corrected chi connectivity index (χ0v) is 19.2. The van der Waals surface area contributed by atoms with E-state index in [2.05, 4.69) is 29.5 Å². The molecular weight excluding hydrogens is 418 g/mol. The predicted octanol–water partition coefficient (Wildman–Crippen LogP) is 4.36. The van der Waals surface area contributed by atoms with Crippen LogP contribution in [-0.4, -0.2) is 23.5 Å². The number of pyridine rings is 1. The lowest BCUT2D eigenvalue weighted by atomic mass is 9.68. The molecule has 3 aliphatic rings. The number of fused-ring (bicyclic) bond motifs is 1. The lowest BCUT2D eigenvalue weighted by molar-refractivity contribution is -0.118. The molecule has 0 bridgehead atoms. The van der Waals surface area contributed by atoms with Crippen molar-refractivity contribution in [3.63, 3.8) is 0 Å². The molecule has 33 heavy (non-hydrogen) atoms. The van der Waals surface area contributed by atoms with Crippen LogP contribution in [0.3, 0.4) is 0 Å². The minimum Gasteiger partial charge on any atom is -0.454 e. The highest BCUT2D eigenvalue weighted by Crippen LogP contribution is 2.48. The Hall–Kier alpha value is -3.61. The van der Waals surface area contributed by atoms with E-state index in [-0.39, 0.29) is 23.9 Å². The first-order valence-electron chi connectivity index (χ1n) is 11.1. The topological polar surface area (TPSA) is 89.6 Å². The summed E-state index contributed by atoms with van der Waals surface area (Å²) in [6.07, 6.45) is 2.83. The molecule has 0 radical (unpaired) electrons. The second-order valence-electron chi connectivity index (χ2n) is 9.72. The number of ether oxygens (including phenoxy) is 2. The van der Waals surface area contributed by atoms with Crippen molar-refractivity contribution in [2.24, 2.45) is 5.41 Å². The first-order chi connectivity index (χ1) is 15.7. The third-order valence-corrected chi connectivity index (χ3v) is 6.37. The Kier molecular flexibility index (Phi) is 5.00. The number of allylic oxidation sites excluding steroid dienone is 3. The number of aromatic nitrogens is 1. The highest BCUT2D eigenvalue weighted by molar-refractivity contribution is 6.09. The molecule has 0 unspecified atom stereocenters. The SMILES string of the molecule is CC1=C(C(=O)Nc2cc(C)ccn2)[C@H](c2ccc3c(c2)OCO3)C2=C(CC(C)(C)CC2=O)N1. The predicted molar refractivity (Wildman–Crippen MR) is 124 cm³/mol. The first-order valence-corrected chi connectivity index (χ1v) is 11.1. The molecule has 0 fully saturated rings. The van der Waals surface area contributed by atoms with Crippen LogP contribution in [0.5, 0.6) is 11.5 Å². The normalized spacial score (nSPS) is 21.0. The van der Waals surface area contributed by atoms with Crippen molar-refractivity contribution in [1.29, 1.82) is 0 Å². The minimum atomic E-state index is -0.510. The molecule has 1 aliphatic carbocycles. The Morgan fingerprint density at radius 2 is 1.91 bits per heavy atom. The Morgan fingerprint density at radius 1 is 1.12 bits per heavy atom. The van der Waals surface area contributed by atoms with Gasteiger partial charge in [0.15, 0.2) is 17.3 Å². The maximum absolute atomic E-state index is 13.6.